The van der Waals surface area contributed by atoms with E-state index in [9.17, 15) is 0 Å². The molecule has 1 unspecified atom stereocenters. The molecule has 2 aromatic carbocycles. The van der Waals surface area contributed by atoms with Crippen LogP contribution in [-0.4, -0.2) is 13.7 Å². The molecular formula is C17H19Br2NO. The van der Waals surface area contributed by atoms with Crippen molar-refractivity contribution in [1.82, 2.24) is 5.32 Å². The van der Waals surface area contributed by atoms with E-state index in [0.717, 1.165) is 27.7 Å². The van der Waals surface area contributed by atoms with Crippen LogP contribution in [0.15, 0.2) is 51.4 Å². The van der Waals surface area contributed by atoms with Gasteiger partial charge in [0.25, 0.3) is 0 Å². The zero-order valence-electron chi connectivity index (χ0n) is 12.2. The van der Waals surface area contributed by atoms with Crippen molar-refractivity contribution in [3.63, 3.8) is 0 Å². The molecule has 2 rings (SSSR count). The Kier molecular flexibility index (Phi) is 6.27. The number of hydrogen-bond acceptors (Lipinski definition) is 2. The molecule has 21 heavy (non-hydrogen) atoms. The highest BCUT2D eigenvalue weighted by molar-refractivity contribution is 9.10. The van der Waals surface area contributed by atoms with E-state index < -0.39 is 0 Å². The van der Waals surface area contributed by atoms with E-state index in [1.807, 2.05) is 19.2 Å². The Hall–Kier alpha value is -0.840. The Morgan fingerprint density at radius 2 is 1.86 bits per heavy atom. The van der Waals surface area contributed by atoms with Gasteiger partial charge in [0.2, 0.25) is 0 Å². The zero-order chi connectivity index (χ0) is 15.2. The third kappa shape index (κ3) is 4.09. The number of rotatable bonds is 6. The molecule has 0 fully saturated rings. The van der Waals surface area contributed by atoms with Gasteiger partial charge in [-0.15, -0.1) is 0 Å². The average Bonchev–Trinajstić information content (AvgIpc) is 2.49. The van der Waals surface area contributed by atoms with E-state index in [1.165, 1.54) is 11.1 Å². The molecule has 0 heterocycles. The third-order valence-corrected chi connectivity index (χ3v) is 4.60. The van der Waals surface area contributed by atoms with Crippen LogP contribution in [-0.2, 0) is 0 Å². The summed E-state index contributed by atoms with van der Waals surface area (Å²) in [6.07, 6.45) is 1.00. The van der Waals surface area contributed by atoms with Crippen LogP contribution in [0.1, 0.15) is 30.5 Å². The van der Waals surface area contributed by atoms with E-state index in [-0.39, 0.29) is 6.04 Å². The summed E-state index contributed by atoms with van der Waals surface area (Å²) in [5.74, 6) is 0.891. The number of nitrogens with one attached hydrogen (secondary N) is 1. The van der Waals surface area contributed by atoms with E-state index in [1.54, 1.807) is 0 Å². The number of benzene rings is 2. The van der Waals surface area contributed by atoms with Crippen molar-refractivity contribution in [2.45, 2.75) is 19.4 Å². The van der Waals surface area contributed by atoms with Crippen molar-refractivity contribution in [1.29, 1.82) is 0 Å². The van der Waals surface area contributed by atoms with Gasteiger partial charge in [-0.05, 0) is 58.7 Å². The predicted octanol–water partition coefficient (Wildman–Crippen LogP) is 5.31. The summed E-state index contributed by atoms with van der Waals surface area (Å²) in [7, 11) is 1.97. The molecule has 0 aromatic heterocycles. The number of halogens is 2. The minimum Gasteiger partial charge on any atom is -0.492 e. The maximum atomic E-state index is 5.71. The van der Waals surface area contributed by atoms with Crippen molar-refractivity contribution in [2.24, 2.45) is 0 Å². The fourth-order valence-corrected chi connectivity index (χ4v) is 3.26. The molecule has 0 saturated carbocycles. The number of hydrogen-bond donors (Lipinski definition) is 1. The van der Waals surface area contributed by atoms with Crippen molar-refractivity contribution >= 4 is 31.9 Å². The largest absolute Gasteiger partial charge is 0.492 e. The highest BCUT2D eigenvalue weighted by Crippen LogP contribution is 2.33. The van der Waals surface area contributed by atoms with Crippen molar-refractivity contribution < 1.29 is 4.74 Å². The van der Waals surface area contributed by atoms with Gasteiger partial charge in [-0.1, -0.05) is 47.1 Å². The lowest BCUT2D eigenvalue weighted by atomic mass is 9.99. The van der Waals surface area contributed by atoms with Gasteiger partial charge in [0.15, 0.2) is 0 Å². The average molecular weight is 413 g/mol. The van der Waals surface area contributed by atoms with E-state index in [0.29, 0.717) is 0 Å². The number of ether oxygens (including phenoxy) is 1. The summed E-state index contributed by atoms with van der Waals surface area (Å²) in [6, 6.07) is 14.7. The van der Waals surface area contributed by atoms with Gasteiger partial charge >= 0.3 is 0 Å². The smallest absolute Gasteiger partial charge is 0.133 e. The van der Waals surface area contributed by atoms with Crippen molar-refractivity contribution in [3.05, 3.63) is 62.5 Å². The molecule has 0 radical (unpaired) electrons. The Balaban J connectivity index is 2.31. The normalized spacial score (nSPS) is 12.2. The first-order valence-electron chi connectivity index (χ1n) is 7.01. The maximum Gasteiger partial charge on any atom is 0.133 e. The Labute approximate surface area is 143 Å². The first-order chi connectivity index (χ1) is 10.2. The molecule has 112 valence electrons. The van der Waals surface area contributed by atoms with Crippen LogP contribution in [0.2, 0.25) is 0 Å². The molecular weight excluding hydrogens is 394 g/mol. The Bertz CT molecular complexity index is 601. The minimum absolute atomic E-state index is 0.136. The van der Waals surface area contributed by atoms with E-state index in [4.69, 9.17) is 4.74 Å². The van der Waals surface area contributed by atoms with Crippen LogP contribution >= 0.6 is 31.9 Å². The van der Waals surface area contributed by atoms with E-state index >= 15 is 0 Å². The SMILES string of the molecule is CCCOc1ccc(C(NC)c2ccccc2Br)cc1Br. The highest BCUT2D eigenvalue weighted by atomic mass is 79.9. The molecule has 4 heteroatoms. The molecule has 1 N–H and O–H groups in total. The van der Waals surface area contributed by atoms with E-state index in [2.05, 4.69) is 74.4 Å². The van der Waals surface area contributed by atoms with Gasteiger partial charge < -0.3 is 10.1 Å². The van der Waals surface area contributed by atoms with Crippen LogP contribution in [0.25, 0.3) is 0 Å². The van der Waals surface area contributed by atoms with Gasteiger partial charge in [0, 0.05) is 4.47 Å². The lowest BCUT2D eigenvalue weighted by Gasteiger charge is -2.20. The molecule has 2 aromatic rings. The second-order valence-electron chi connectivity index (χ2n) is 4.78. The minimum atomic E-state index is 0.136. The standard InChI is InChI=1S/C17H19Br2NO/c1-3-10-21-16-9-8-12(11-15(16)19)17(20-2)13-6-4-5-7-14(13)18/h4-9,11,17,20H,3,10H2,1-2H3. The maximum absolute atomic E-state index is 5.71. The summed E-state index contributed by atoms with van der Waals surface area (Å²) in [6.45, 7) is 2.84. The third-order valence-electron chi connectivity index (χ3n) is 3.26. The van der Waals surface area contributed by atoms with Crippen LogP contribution in [0.3, 0.4) is 0 Å². The van der Waals surface area contributed by atoms with Crippen LogP contribution in [0.5, 0.6) is 5.75 Å². The highest BCUT2D eigenvalue weighted by Gasteiger charge is 2.16. The second kappa shape index (κ2) is 7.97. The zero-order valence-corrected chi connectivity index (χ0v) is 15.4. The predicted molar refractivity (Wildman–Crippen MR) is 95.0 cm³/mol. The summed E-state index contributed by atoms with van der Waals surface area (Å²) in [5, 5.41) is 3.37. The molecule has 0 aliphatic rings. The van der Waals surface area contributed by atoms with Gasteiger partial charge in [-0.2, -0.15) is 0 Å². The van der Waals surface area contributed by atoms with Gasteiger partial charge in [0.05, 0.1) is 17.1 Å². The lowest BCUT2D eigenvalue weighted by molar-refractivity contribution is 0.315. The first-order valence-corrected chi connectivity index (χ1v) is 8.60. The van der Waals surface area contributed by atoms with Crippen LogP contribution < -0.4 is 10.1 Å². The van der Waals surface area contributed by atoms with Crippen LogP contribution in [0, 0.1) is 0 Å². The molecule has 0 bridgehead atoms. The van der Waals surface area contributed by atoms with Crippen molar-refractivity contribution in [2.75, 3.05) is 13.7 Å². The summed E-state index contributed by atoms with van der Waals surface area (Å²) < 4.78 is 7.80. The molecule has 0 amide bonds. The molecule has 0 spiro atoms. The molecule has 0 saturated heterocycles. The lowest BCUT2D eigenvalue weighted by Crippen LogP contribution is -2.18. The fraction of sp³-hybridized carbons (Fsp3) is 0.294. The van der Waals surface area contributed by atoms with Gasteiger partial charge in [-0.25, -0.2) is 0 Å². The quantitative estimate of drug-likeness (QED) is 0.694. The molecule has 1 atom stereocenters. The fourth-order valence-electron chi connectivity index (χ4n) is 2.24. The molecule has 0 aliphatic heterocycles. The van der Waals surface area contributed by atoms with Gasteiger partial charge in [0.1, 0.15) is 5.75 Å². The van der Waals surface area contributed by atoms with Crippen LogP contribution in [0.4, 0.5) is 0 Å². The Morgan fingerprint density at radius 3 is 2.48 bits per heavy atom. The summed E-state index contributed by atoms with van der Waals surface area (Å²) in [4.78, 5) is 0. The summed E-state index contributed by atoms with van der Waals surface area (Å²) in [5.41, 5.74) is 2.41. The topological polar surface area (TPSA) is 21.3 Å². The Morgan fingerprint density at radius 1 is 1.10 bits per heavy atom. The first kappa shape index (κ1) is 16.5. The van der Waals surface area contributed by atoms with Crippen molar-refractivity contribution in [3.8, 4) is 5.75 Å². The molecule has 0 aliphatic carbocycles. The second-order valence-corrected chi connectivity index (χ2v) is 6.49. The molecule has 2 nitrogen and oxygen atoms in total. The monoisotopic (exact) mass is 411 g/mol. The van der Waals surface area contributed by atoms with Gasteiger partial charge in [-0.3, -0.25) is 0 Å². The summed E-state index contributed by atoms with van der Waals surface area (Å²) >= 11 is 7.23.